The summed E-state index contributed by atoms with van der Waals surface area (Å²) in [6.45, 7) is 5.73. The molecule has 1 aromatic carbocycles. The first-order valence-electron chi connectivity index (χ1n) is 5.89. The summed E-state index contributed by atoms with van der Waals surface area (Å²) < 4.78 is 5.54. The lowest BCUT2D eigenvalue weighted by atomic mass is 10.1. The molecule has 0 radical (unpaired) electrons. The monoisotopic (exact) mass is 270 g/mol. The van der Waals surface area contributed by atoms with Gasteiger partial charge in [-0.2, -0.15) is 0 Å². The van der Waals surface area contributed by atoms with Gasteiger partial charge >= 0.3 is 0 Å². The van der Waals surface area contributed by atoms with Crippen LogP contribution in [-0.2, 0) is 4.79 Å². The van der Waals surface area contributed by atoms with Gasteiger partial charge in [0, 0.05) is 0 Å². The molecular formula is C13H19ClN2O2. The molecule has 4 nitrogen and oxygen atoms in total. The minimum atomic E-state index is -0.193. The van der Waals surface area contributed by atoms with Gasteiger partial charge in [-0.1, -0.05) is 17.7 Å². The van der Waals surface area contributed by atoms with Crippen LogP contribution in [0.4, 0.5) is 0 Å². The standard InChI is InChI=1S/C13H19ClN2O2/c1-8(2)18-12-5-4-10(6-11(12)14)9(3)16-13(17)7-15/h4-6,8-9H,7,15H2,1-3H3,(H,16,17). The van der Waals surface area contributed by atoms with E-state index in [1.807, 2.05) is 32.9 Å². The van der Waals surface area contributed by atoms with E-state index >= 15 is 0 Å². The molecule has 0 heterocycles. The molecule has 18 heavy (non-hydrogen) atoms. The highest BCUT2D eigenvalue weighted by atomic mass is 35.5. The molecule has 5 heteroatoms. The number of nitrogens with two attached hydrogens (primary N) is 1. The van der Waals surface area contributed by atoms with Gasteiger partial charge < -0.3 is 15.8 Å². The Morgan fingerprint density at radius 1 is 1.44 bits per heavy atom. The fraction of sp³-hybridized carbons (Fsp3) is 0.462. The Hall–Kier alpha value is -1.26. The summed E-state index contributed by atoms with van der Waals surface area (Å²) in [5.41, 5.74) is 6.16. The van der Waals surface area contributed by atoms with Crippen LogP contribution in [0.2, 0.25) is 5.02 Å². The number of hydrogen-bond acceptors (Lipinski definition) is 3. The van der Waals surface area contributed by atoms with Crippen LogP contribution in [0.3, 0.4) is 0 Å². The molecular weight excluding hydrogens is 252 g/mol. The summed E-state index contributed by atoms with van der Waals surface area (Å²) in [4.78, 5) is 11.2. The van der Waals surface area contributed by atoms with Crippen molar-refractivity contribution < 1.29 is 9.53 Å². The summed E-state index contributed by atoms with van der Waals surface area (Å²) in [6, 6.07) is 5.35. The van der Waals surface area contributed by atoms with E-state index in [2.05, 4.69) is 5.32 Å². The Kier molecular flexibility index (Phi) is 5.44. The number of benzene rings is 1. The van der Waals surface area contributed by atoms with Crippen molar-refractivity contribution in [2.24, 2.45) is 5.73 Å². The van der Waals surface area contributed by atoms with E-state index in [9.17, 15) is 4.79 Å². The lowest BCUT2D eigenvalue weighted by Crippen LogP contribution is -2.32. The SMILES string of the molecule is CC(C)Oc1ccc(C(C)NC(=O)CN)cc1Cl. The third-order valence-corrected chi connectivity index (χ3v) is 2.68. The van der Waals surface area contributed by atoms with Gasteiger partial charge in [0.05, 0.1) is 23.7 Å². The summed E-state index contributed by atoms with van der Waals surface area (Å²) in [5.74, 6) is 0.453. The number of rotatable bonds is 5. The summed E-state index contributed by atoms with van der Waals surface area (Å²) in [6.07, 6.45) is 0.0720. The predicted octanol–water partition coefficient (Wildman–Crippen LogP) is 2.26. The average molecular weight is 271 g/mol. The highest BCUT2D eigenvalue weighted by Gasteiger charge is 2.11. The summed E-state index contributed by atoms with van der Waals surface area (Å²) >= 11 is 6.13. The number of hydrogen-bond donors (Lipinski definition) is 2. The molecule has 0 spiro atoms. The quantitative estimate of drug-likeness (QED) is 0.863. The molecule has 1 unspecified atom stereocenters. The van der Waals surface area contributed by atoms with Gasteiger partial charge in [-0.15, -0.1) is 0 Å². The smallest absolute Gasteiger partial charge is 0.234 e. The molecule has 1 atom stereocenters. The third kappa shape index (κ3) is 4.20. The van der Waals surface area contributed by atoms with E-state index < -0.39 is 0 Å². The first-order chi connectivity index (χ1) is 8.43. The van der Waals surface area contributed by atoms with Crippen LogP contribution in [0.1, 0.15) is 32.4 Å². The van der Waals surface area contributed by atoms with Crippen LogP contribution in [0, 0.1) is 0 Å². The van der Waals surface area contributed by atoms with Crippen LogP contribution < -0.4 is 15.8 Å². The maximum atomic E-state index is 11.2. The predicted molar refractivity (Wildman–Crippen MR) is 72.8 cm³/mol. The average Bonchev–Trinajstić information content (AvgIpc) is 2.30. The highest BCUT2D eigenvalue weighted by Crippen LogP contribution is 2.28. The zero-order valence-electron chi connectivity index (χ0n) is 10.9. The first-order valence-corrected chi connectivity index (χ1v) is 6.27. The van der Waals surface area contributed by atoms with Gasteiger partial charge in [-0.3, -0.25) is 4.79 Å². The Labute approximate surface area is 112 Å². The fourth-order valence-corrected chi connectivity index (χ4v) is 1.75. The maximum Gasteiger partial charge on any atom is 0.234 e. The number of halogens is 1. The second-order valence-electron chi connectivity index (χ2n) is 4.35. The lowest BCUT2D eigenvalue weighted by molar-refractivity contribution is -0.120. The Morgan fingerprint density at radius 3 is 2.61 bits per heavy atom. The molecule has 1 amide bonds. The van der Waals surface area contributed by atoms with Crippen molar-refractivity contribution in [3.8, 4) is 5.75 Å². The minimum Gasteiger partial charge on any atom is -0.489 e. The van der Waals surface area contributed by atoms with Crippen LogP contribution in [0.15, 0.2) is 18.2 Å². The van der Waals surface area contributed by atoms with E-state index in [4.69, 9.17) is 22.1 Å². The molecule has 0 saturated heterocycles. The Bertz CT molecular complexity index is 421. The van der Waals surface area contributed by atoms with Crippen molar-refractivity contribution in [1.29, 1.82) is 0 Å². The Balaban J connectivity index is 2.80. The van der Waals surface area contributed by atoms with Crippen molar-refractivity contribution >= 4 is 17.5 Å². The van der Waals surface area contributed by atoms with E-state index in [1.165, 1.54) is 0 Å². The van der Waals surface area contributed by atoms with E-state index in [1.54, 1.807) is 6.07 Å². The molecule has 100 valence electrons. The molecule has 0 bridgehead atoms. The van der Waals surface area contributed by atoms with Crippen molar-refractivity contribution in [3.63, 3.8) is 0 Å². The van der Waals surface area contributed by atoms with Crippen LogP contribution in [0.5, 0.6) is 5.75 Å². The zero-order valence-corrected chi connectivity index (χ0v) is 11.6. The maximum absolute atomic E-state index is 11.2. The normalized spacial score (nSPS) is 12.3. The topological polar surface area (TPSA) is 64.3 Å². The molecule has 0 saturated carbocycles. The summed E-state index contributed by atoms with van der Waals surface area (Å²) in [7, 11) is 0. The van der Waals surface area contributed by atoms with Crippen molar-refractivity contribution in [1.82, 2.24) is 5.32 Å². The number of carbonyl (C=O) groups excluding carboxylic acids is 1. The first kappa shape index (κ1) is 14.8. The second kappa shape index (κ2) is 6.61. The molecule has 3 N–H and O–H groups in total. The van der Waals surface area contributed by atoms with Gasteiger partial charge in [-0.05, 0) is 38.5 Å². The second-order valence-corrected chi connectivity index (χ2v) is 4.76. The largest absolute Gasteiger partial charge is 0.489 e. The van der Waals surface area contributed by atoms with Crippen molar-refractivity contribution in [2.75, 3.05) is 6.54 Å². The third-order valence-electron chi connectivity index (χ3n) is 2.38. The number of nitrogens with one attached hydrogen (secondary N) is 1. The van der Waals surface area contributed by atoms with E-state index in [0.29, 0.717) is 10.8 Å². The molecule has 0 aliphatic heterocycles. The lowest BCUT2D eigenvalue weighted by Gasteiger charge is -2.16. The molecule has 0 aromatic heterocycles. The Morgan fingerprint density at radius 2 is 2.11 bits per heavy atom. The van der Waals surface area contributed by atoms with Crippen molar-refractivity contribution in [3.05, 3.63) is 28.8 Å². The molecule has 0 fully saturated rings. The minimum absolute atomic E-state index is 0.0212. The van der Waals surface area contributed by atoms with Gasteiger partial charge in [-0.25, -0.2) is 0 Å². The van der Waals surface area contributed by atoms with Gasteiger partial charge in [0.15, 0.2) is 0 Å². The van der Waals surface area contributed by atoms with E-state index in [-0.39, 0.29) is 24.6 Å². The number of ether oxygens (including phenoxy) is 1. The van der Waals surface area contributed by atoms with Crippen LogP contribution in [0.25, 0.3) is 0 Å². The molecule has 1 aromatic rings. The zero-order chi connectivity index (χ0) is 13.7. The van der Waals surface area contributed by atoms with E-state index in [0.717, 1.165) is 5.56 Å². The molecule has 0 aliphatic rings. The van der Waals surface area contributed by atoms with Crippen molar-refractivity contribution in [2.45, 2.75) is 32.9 Å². The fourth-order valence-electron chi connectivity index (χ4n) is 1.52. The van der Waals surface area contributed by atoms with Gasteiger partial charge in [0.2, 0.25) is 5.91 Å². The van der Waals surface area contributed by atoms with Crippen LogP contribution >= 0.6 is 11.6 Å². The molecule has 0 aliphatic carbocycles. The van der Waals surface area contributed by atoms with Gasteiger partial charge in [0.1, 0.15) is 5.75 Å². The highest BCUT2D eigenvalue weighted by molar-refractivity contribution is 6.32. The summed E-state index contributed by atoms with van der Waals surface area (Å²) in [5, 5.41) is 3.31. The van der Waals surface area contributed by atoms with Gasteiger partial charge in [0.25, 0.3) is 0 Å². The van der Waals surface area contributed by atoms with Crippen LogP contribution in [-0.4, -0.2) is 18.6 Å². The number of amides is 1. The molecule has 1 rings (SSSR count). The number of carbonyl (C=O) groups is 1.